The third-order valence-electron chi connectivity index (χ3n) is 22.3. The average molecular weight is 1650 g/mol. The number of allylic oxidation sites excluding steroid dienone is 5. The van der Waals surface area contributed by atoms with Gasteiger partial charge in [-0.25, -0.2) is 19.4 Å². The maximum absolute atomic E-state index is 14.7. The second-order valence-electron chi connectivity index (χ2n) is 31.3. The first-order valence-electron chi connectivity index (χ1n) is 41.5. The Hall–Kier alpha value is -7.74. The number of carbonyl (C=O) groups is 5. The number of aliphatic hydroxyl groups is 4. The number of nitrogens with zero attached hydrogens (tertiary/aromatic N) is 7. The van der Waals surface area contributed by atoms with E-state index >= 15 is 0 Å². The number of benzene rings is 1. The van der Waals surface area contributed by atoms with Crippen LogP contribution in [-0.4, -0.2) is 273 Å². The molecule has 2 bridgehead atoms. The Morgan fingerprint density at radius 2 is 1.44 bits per heavy atom. The predicted octanol–water partition coefficient (Wildman–Crippen LogP) is 7.09. The van der Waals surface area contributed by atoms with Gasteiger partial charge in [-0.2, -0.15) is 10.1 Å². The maximum Gasteiger partial charge on any atom is 0.329 e. The highest BCUT2D eigenvalue weighted by Crippen LogP contribution is 2.39. The number of ether oxygens (including phenoxy) is 11. The van der Waals surface area contributed by atoms with E-state index in [0.717, 1.165) is 24.0 Å². The Kier molecular flexibility index (Phi) is 39.8. The number of nitrogen functional groups attached to an aromatic ring is 2. The summed E-state index contributed by atoms with van der Waals surface area (Å²) in [6, 6.07) is 4.39. The van der Waals surface area contributed by atoms with Gasteiger partial charge in [-0.3, -0.25) is 19.2 Å². The van der Waals surface area contributed by atoms with Gasteiger partial charge in [0.25, 0.3) is 23.6 Å². The predicted molar refractivity (Wildman–Crippen MR) is 436 cm³/mol. The molecule has 2 saturated heterocycles. The molecule has 3 fully saturated rings. The van der Waals surface area contributed by atoms with Crippen molar-refractivity contribution in [3.05, 3.63) is 72.1 Å². The normalized spacial score (nSPS) is 28.6. The van der Waals surface area contributed by atoms with E-state index in [4.69, 9.17) is 77.9 Å². The number of fused-ring (bicyclic) bond motifs is 5. The molecule has 4 aromatic rings. The van der Waals surface area contributed by atoms with Crippen LogP contribution in [0.5, 0.6) is 0 Å². The standard InChI is InChI=1S/C84H129N11O22/c1-53-18-12-11-13-19-54(2)68(105-8)49-62-24-21-59(7)84(104,117-62)78(101)81(102)94-30-16-14-20-64(94)82(103)115-69(56(4)46-60-22-25-65(96)70(47-60)106-9)50-66(97)55(3)45-58(6)76(100)77(107-10)74(57(5)44-53)93-114-51-72(99)88-29-33-109-35-37-111-39-41-113-43-42-112-40-38-110-36-34-108-32-27-71(98)87-28-15-17-31-95-80-73(79(85)89-52-90-80)75(92-95)61-23-26-67-63(48-61)91-83(86)116-67/h11-13,18-19,23,26,45,48,52-53,55-57,59-60,62,64-66,68-70,76-77,96-97,100,104H,14-17,20-22,24-25,27-44,46-47,49-51H2,1-10H3,(H2,86,91)(H,87,98)(H,88,99)(H2,85,89,90)/b13-11+,18-12+,54-19+,58-45+,93-74+/t53-,55-,56-,57-,59-,60+,62+,64+,65-,66-,68+,69+,70-,76-,77+,84-/m1/s1. The number of amides is 3. The molecule has 33 heteroatoms. The smallest absolute Gasteiger partial charge is 0.329 e. The minimum Gasteiger partial charge on any atom is -0.460 e. The number of hydrogen-bond acceptors (Lipinski definition) is 29. The number of aryl methyl sites for hydroxylation is 1. The molecule has 0 spiro atoms. The van der Waals surface area contributed by atoms with Crippen molar-refractivity contribution in [1.82, 2.24) is 40.3 Å². The Morgan fingerprint density at radius 3 is 2.13 bits per heavy atom. The van der Waals surface area contributed by atoms with Crippen LogP contribution in [0.15, 0.2) is 81.7 Å². The van der Waals surface area contributed by atoms with E-state index < -0.39 is 96.6 Å². The summed E-state index contributed by atoms with van der Waals surface area (Å²) >= 11 is 0. The SMILES string of the molecule is CO[C@H]1C[C@@H]2CC[C@@H](C)[C@@](O)(O2)C(=O)C(=O)N2CCCC[C@H]2C(=O)O[C@H]([C@H](C)C[C@@H]2CC[C@@H](O)[C@H](OC)C2)C[C@@H](O)[C@H](C)/C=C(\C)[C@@H](O)[C@@H](OC)/C(=N/OCC(=O)NCCOCCOCCOCCOCCOCCOCCC(=O)NCCCCn2nc(-c3ccc4oc(N)nc4c3)c3c(N)ncnc32)[C@H](C)C[C@H](C)/C=C/C=C/C=C/1C. The molecule has 10 N–H and O–H groups in total. The van der Waals surface area contributed by atoms with Crippen LogP contribution in [0.2, 0.25) is 0 Å². The molecule has 1 saturated carbocycles. The van der Waals surface area contributed by atoms with E-state index in [0.29, 0.717) is 175 Å². The summed E-state index contributed by atoms with van der Waals surface area (Å²) in [6.07, 6.45) is 13.3. The summed E-state index contributed by atoms with van der Waals surface area (Å²) in [6.45, 7) is 17.9. The van der Waals surface area contributed by atoms with Crippen molar-refractivity contribution >= 4 is 69.2 Å². The number of ketones is 1. The van der Waals surface area contributed by atoms with E-state index in [2.05, 4.69) is 30.7 Å². The number of aliphatic hydroxyl groups excluding tert-OH is 3. The third kappa shape index (κ3) is 29.0. The summed E-state index contributed by atoms with van der Waals surface area (Å²) in [7, 11) is 4.59. The second-order valence-corrected chi connectivity index (χ2v) is 31.3. The fourth-order valence-corrected chi connectivity index (χ4v) is 15.4. The number of methoxy groups -OCH3 is 3. The molecule has 0 radical (unpaired) electrons. The molecule has 4 aliphatic rings. The zero-order valence-electron chi connectivity index (χ0n) is 70.0. The fourth-order valence-electron chi connectivity index (χ4n) is 15.4. The Bertz CT molecular complexity index is 3910. The summed E-state index contributed by atoms with van der Waals surface area (Å²) in [5.41, 5.74) is 16.8. The number of oxazole rings is 1. The Morgan fingerprint density at radius 1 is 0.744 bits per heavy atom. The molecule has 652 valence electrons. The van der Waals surface area contributed by atoms with E-state index in [9.17, 15) is 44.4 Å². The van der Waals surface area contributed by atoms with Crippen molar-refractivity contribution in [2.75, 3.05) is 138 Å². The fraction of sp³-hybridized carbons (Fsp3) is 0.690. The van der Waals surface area contributed by atoms with Crippen LogP contribution in [0.3, 0.4) is 0 Å². The molecule has 6 heterocycles. The summed E-state index contributed by atoms with van der Waals surface area (Å²) in [5, 5.41) is 62.8. The summed E-state index contributed by atoms with van der Waals surface area (Å²) in [4.78, 5) is 89.0. The maximum atomic E-state index is 14.7. The first kappa shape index (κ1) is 94.7. The highest BCUT2D eigenvalue weighted by atomic mass is 16.6. The lowest BCUT2D eigenvalue weighted by Crippen LogP contribution is -2.61. The molecule has 16 atom stereocenters. The van der Waals surface area contributed by atoms with Crippen LogP contribution in [0.25, 0.3) is 33.4 Å². The second kappa shape index (κ2) is 49.1. The number of nitrogens with two attached hydrogens (primary N) is 2. The zero-order valence-corrected chi connectivity index (χ0v) is 70.0. The van der Waals surface area contributed by atoms with E-state index in [1.165, 1.54) is 18.3 Å². The largest absolute Gasteiger partial charge is 0.460 e. The summed E-state index contributed by atoms with van der Waals surface area (Å²) < 4.78 is 71.2. The van der Waals surface area contributed by atoms with Gasteiger partial charge in [0, 0.05) is 90.1 Å². The molecule has 1 aromatic carbocycles. The Labute approximate surface area is 686 Å². The number of cyclic esters (lactones) is 1. The number of nitrogens with one attached hydrogen (secondary N) is 2. The Balaban J connectivity index is 0.734. The number of hydrogen-bond donors (Lipinski definition) is 8. The van der Waals surface area contributed by atoms with Gasteiger partial charge in [0.2, 0.25) is 11.7 Å². The first-order chi connectivity index (χ1) is 56.3. The van der Waals surface area contributed by atoms with Crippen molar-refractivity contribution < 1.29 is 106 Å². The molecule has 3 aromatic heterocycles. The van der Waals surface area contributed by atoms with Crippen molar-refractivity contribution in [2.45, 2.75) is 212 Å². The van der Waals surface area contributed by atoms with Gasteiger partial charge in [-0.05, 0) is 138 Å². The van der Waals surface area contributed by atoms with Gasteiger partial charge in [-0.15, -0.1) is 0 Å². The van der Waals surface area contributed by atoms with E-state index in [1.54, 1.807) is 51.8 Å². The van der Waals surface area contributed by atoms with Gasteiger partial charge in [-0.1, -0.05) is 76.2 Å². The van der Waals surface area contributed by atoms with Crippen LogP contribution in [0.1, 0.15) is 145 Å². The highest BCUT2D eigenvalue weighted by molar-refractivity contribution is 6.39. The van der Waals surface area contributed by atoms with Crippen molar-refractivity contribution in [3.63, 3.8) is 0 Å². The van der Waals surface area contributed by atoms with Crippen molar-refractivity contribution in [1.29, 1.82) is 0 Å². The summed E-state index contributed by atoms with van der Waals surface area (Å²) in [5.74, 6) is -7.62. The first-order valence-corrected chi connectivity index (χ1v) is 41.5. The van der Waals surface area contributed by atoms with Crippen LogP contribution >= 0.6 is 0 Å². The number of esters is 1. The quantitative estimate of drug-likeness (QED) is 0.00740. The third-order valence-corrected chi connectivity index (χ3v) is 22.3. The number of Topliss-reactive ketones (excluding diaryl/α,β-unsaturated/α-hetero) is 1. The van der Waals surface area contributed by atoms with Gasteiger partial charge in [0.15, 0.2) is 17.8 Å². The minimum absolute atomic E-state index is 0.0312. The van der Waals surface area contributed by atoms with Crippen LogP contribution in [-0.2, 0) is 87.5 Å². The van der Waals surface area contributed by atoms with Crippen LogP contribution in [0.4, 0.5) is 11.8 Å². The molecule has 3 amide bonds. The lowest BCUT2D eigenvalue weighted by Gasteiger charge is -2.43. The molecule has 1 aliphatic carbocycles. The van der Waals surface area contributed by atoms with Gasteiger partial charge in [0.1, 0.15) is 47.7 Å². The van der Waals surface area contributed by atoms with Crippen LogP contribution < -0.4 is 22.1 Å². The molecule has 33 nitrogen and oxygen atoms in total. The molecule has 3 aliphatic heterocycles. The van der Waals surface area contributed by atoms with Crippen molar-refractivity contribution in [2.24, 2.45) is 40.7 Å². The van der Waals surface area contributed by atoms with Gasteiger partial charge in [0.05, 0.1) is 121 Å². The number of piperidine rings is 1. The highest BCUT2D eigenvalue weighted by Gasteiger charge is 2.53. The molecule has 8 rings (SSSR count). The molecular weight excluding hydrogens is 1510 g/mol. The lowest BCUT2D eigenvalue weighted by molar-refractivity contribution is -0.265. The zero-order chi connectivity index (χ0) is 84.4. The average Bonchev–Trinajstić information content (AvgIpc) is 1.73. The number of unbranched alkanes of at least 4 members (excludes halogenated alkanes) is 1. The number of carbonyl (C=O) groups excluding carboxylic acids is 5. The molecular formula is C84H129N11O22. The number of oxime groups is 1. The van der Waals surface area contributed by atoms with E-state index in [-0.39, 0.29) is 100 Å². The number of rotatable bonds is 36. The van der Waals surface area contributed by atoms with Gasteiger partial charge < -0.3 is 109 Å². The molecule has 0 unspecified atom stereocenters. The van der Waals surface area contributed by atoms with Crippen molar-refractivity contribution in [3.8, 4) is 11.3 Å². The van der Waals surface area contributed by atoms with Gasteiger partial charge >= 0.3 is 5.97 Å². The molecule has 117 heavy (non-hydrogen) atoms. The van der Waals surface area contributed by atoms with E-state index in [1.807, 2.05) is 70.2 Å². The number of anilines is 2. The monoisotopic (exact) mass is 1640 g/mol. The topological polar surface area (TPSA) is 438 Å². The van der Waals surface area contributed by atoms with Crippen LogP contribution in [0, 0.1) is 35.5 Å². The number of aromatic nitrogens is 5. The minimum atomic E-state index is -2.46. The lowest BCUT2D eigenvalue weighted by atomic mass is 9.78.